The normalized spacial score (nSPS) is 14.7. The van der Waals surface area contributed by atoms with Crippen LogP contribution in [0.1, 0.15) is 10.4 Å². The molecule has 0 saturated carbocycles. The van der Waals surface area contributed by atoms with Gasteiger partial charge in [-0.3, -0.25) is 4.79 Å². The van der Waals surface area contributed by atoms with Crippen LogP contribution in [0.3, 0.4) is 0 Å². The van der Waals surface area contributed by atoms with Crippen LogP contribution in [-0.2, 0) is 23.9 Å². The van der Waals surface area contributed by atoms with E-state index in [4.69, 9.17) is 0 Å². The molecule has 0 atom stereocenters. The molecule has 0 bridgehead atoms. The van der Waals surface area contributed by atoms with Crippen molar-refractivity contribution in [2.45, 2.75) is 24.3 Å². The maximum absolute atomic E-state index is 13.0. The minimum Gasteiger partial charge on any atom is -0.368 e. The number of alkyl halides is 3. The van der Waals surface area contributed by atoms with Crippen LogP contribution in [0.25, 0.3) is 0 Å². The Morgan fingerprint density at radius 3 is 2.66 bits per heavy atom. The second-order valence-corrected chi connectivity index (χ2v) is 9.32. The molecule has 0 radical (unpaired) electrons. The second-order valence-electron chi connectivity index (χ2n) is 7.34. The molecule has 0 unspecified atom stereocenters. The van der Waals surface area contributed by atoms with Crippen molar-refractivity contribution in [3.8, 4) is 0 Å². The first kappa shape index (κ1) is 22.7. The fraction of sp³-hybridized carbons (Fsp3) is 0.381. The van der Waals surface area contributed by atoms with Crippen molar-refractivity contribution < 1.29 is 18.0 Å². The number of carbonyl (C=O) groups excluding carboxylic acids is 1. The highest BCUT2D eigenvalue weighted by Gasteiger charge is 2.31. The van der Waals surface area contributed by atoms with Gasteiger partial charge in [0.2, 0.25) is 5.91 Å². The first-order valence-electron chi connectivity index (χ1n) is 10.1. The molecular weight excluding hydrogens is 459 g/mol. The van der Waals surface area contributed by atoms with Crippen LogP contribution >= 0.6 is 23.1 Å². The Morgan fingerprint density at radius 2 is 1.94 bits per heavy atom. The van der Waals surface area contributed by atoms with E-state index in [2.05, 4.69) is 16.3 Å². The first-order valence-corrected chi connectivity index (χ1v) is 12.0. The molecule has 2 aromatic heterocycles. The molecule has 1 aromatic carbocycles. The first-order chi connectivity index (χ1) is 15.4. The molecule has 170 valence electrons. The summed E-state index contributed by atoms with van der Waals surface area (Å²) in [5.41, 5.74) is -0.131. The van der Waals surface area contributed by atoms with Crippen molar-refractivity contribution in [1.82, 2.24) is 19.7 Å². The number of amides is 1. The maximum atomic E-state index is 13.0. The average molecular weight is 482 g/mol. The second kappa shape index (κ2) is 9.95. The molecule has 11 heteroatoms. The average Bonchev–Trinajstić information content (AvgIpc) is 3.47. The Hall–Kier alpha value is -2.53. The standard InChI is InChI=1S/C21H22F3N5OS2/c22-21(23,24)16-3-1-4-17(13-16)27-8-10-28(11-9-27)19(30)14-32-20-26-25-15-29(20)7-6-18-5-2-12-31-18/h1-5,12-13,15H,6-11,14H2. The molecule has 6 nitrogen and oxygen atoms in total. The van der Waals surface area contributed by atoms with Crippen LogP contribution < -0.4 is 4.90 Å². The van der Waals surface area contributed by atoms with Crippen molar-refractivity contribution >= 4 is 34.7 Å². The van der Waals surface area contributed by atoms with Gasteiger partial charge in [0, 0.05) is 43.3 Å². The van der Waals surface area contributed by atoms with Gasteiger partial charge in [-0.15, -0.1) is 21.5 Å². The zero-order chi connectivity index (χ0) is 22.6. The molecule has 0 spiro atoms. The van der Waals surface area contributed by atoms with E-state index in [0.717, 1.165) is 25.1 Å². The maximum Gasteiger partial charge on any atom is 0.416 e. The number of anilines is 1. The lowest BCUT2D eigenvalue weighted by Gasteiger charge is -2.36. The molecule has 1 amide bonds. The Bertz CT molecular complexity index is 1030. The minimum atomic E-state index is -4.37. The SMILES string of the molecule is O=C(CSc1nncn1CCc1cccs1)N1CCN(c2cccc(C(F)(F)F)c2)CC1. The van der Waals surface area contributed by atoms with Gasteiger partial charge in [-0.25, -0.2) is 0 Å². The topological polar surface area (TPSA) is 54.3 Å². The van der Waals surface area contributed by atoms with Gasteiger partial charge >= 0.3 is 6.18 Å². The van der Waals surface area contributed by atoms with Gasteiger partial charge in [-0.2, -0.15) is 13.2 Å². The zero-order valence-corrected chi connectivity index (χ0v) is 18.8. The van der Waals surface area contributed by atoms with Crippen LogP contribution in [0.15, 0.2) is 53.3 Å². The summed E-state index contributed by atoms with van der Waals surface area (Å²) in [7, 11) is 0. The van der Waals surface area contributed by atoms with Gasteiger partial charge in [0.15, 0.2) is 5.16 Å². The molecule has 0 N–H and O–H groups in total. The van der Waals surface area contributed by atoms with E-state index in [1.165, 1.54) is 22.7 Å². The minimum absolute atomic E-state index is 0.00787. The van der Waals surface area contributed by atoms with E-state index in [-0.39, 0.29) is 11.7 Å². The van der Waals surface area contributed by atoms with Gasteiger partial charge in [0.1, 0.15) is 6.33 Å². The fourth-order valence-electron chi connectivity index (χ4n) is 3.51. The summed E-state index contributed by atoms with van der Waals surface area (Å²) < 4.78 is 40.9. The van der Waals surface area contributed by atoms with E-state index in [0.29, 0.717) is 37.0 Å². The predicted octanol–water partition coefficient (Wildman–Crippen LogP) is 4.04. The lowest BCUT2D eigenvalue weighted by Crippen LogP contribution is -2.49. The van der Waals surface area contributed by atoms with E-state index < -0.39 is 11.7 Å². The Kier molecular flexibility index (Phi) is 7.04. The van der Waals surface area contributed by atoms with Crippen LogP contribution in [0.4, 0.5) is 18.9 Å². The number of carbonyl (C=O) groups is 1. The van der Waals surface area contributed by atoms with Gasteiger partial charge in [-0.1, -0.05) is 23.9 Å². The smallest absolute Gasteiger partial charge is 0.368 e. The van der Waals surface area contributed by atoms with E-state index in [1.54, 1.807) is 28.6 Å². The number of aromatic nitrogens is 3. The number of nitrogens with zero attached hydrogens (tertiary/aromatic N) is 5. The summed E-state index contributed by atoms with van der Waals surface area (Å²) >= 11 is 3.06. The summed E-state index contributed by atoms with van der Waals surface area (Å²) in [6, 6.07) is 9.43. The third kappa shape index (κ3) is 5.63. The third-order valence-electron chi connectivity index (χ3n) is 5.25. The summed E-state index contributed by atoms with van der Waals surface area (Å²) in [6.45, 7) is 2.69. The molecule has 3 heterocycles. The van der Waals surface area contributed by atoms with Crippen molar-refractivity contribution in [3.05, 3.63) is 58.5 Å². The number of hydrogen-bond donors (Lipinski definition) is 0. The lowest BCUT2D eigenvalue weighted by molar-refractivity contribution is -0.137. The van der Waals surface area contributed by atoms with Crippen molar-refractivity contribution in [2.75, 3.05) is 36.8 Å². The summed E-state index contributed by atoms with van der Waals surface area (Å²) in [6.07, 6.45) is -1.81. The summed E-state index contributed by atoms with van der Waals surface area (Å²) in [5.74, 6) is 0.243. The number of benzene rings is 1. The highest BCUT2D eigenvalue weighted by Crippen LogP contribution is 2.32. The number of thioether (sulfide) groups is 1. The monoisotopic (exact) mass is 481 g/mol. The molecule has 3 aromatic rings. The summed E-state index contributed by atoms with van der Waals surface area (Å²) in [4.78, 5) is 17.6. The van der Waals surface area contributed by atoms with Crippen molar-refractivity contribution in [2.24, 2.45) is 0 Å². The van der Waals surface area contributed by atoms with E-state index >= 15 is 0 Å². The number of thiophene rings is 1. The summed E-state index contributed by atoms with van der Waals surface area (Å²) in [5, 5.41) is 10.8. The molecular formula is C21H22F3N5OS2. The highest BCUT2D eigenvalue weighted by molar-refractivity contribution is 7.99. The lowest BCUT2D eigenvalue weighted by atomic mass is 10.1. The number of halogens is 3. The predicted molar refractivity (Wildman–Crippen MR) is 119 cm³/mol. The quantitative estimate of drug-likeness (QED) is 0.477. The highest BCUT2D eigenvalue weighted by atomic mass is 32.2. The number of piperazine rings is 1. The number of hydrogen-bond acceptors (Lipinski definition) is 6. The molecule has 1 saturated heterocycles. The fourth-order valence-corrected chi connectivity index (χ4v) is 5.05. The Morgan fingerprint density at radius 1 is 1.12 bits per heavy atom. The molecule has 32 heavy (non-hydrogen) atoms. The van der Waals surface area contributed by atoms with E-state index in [9.17, 15) is 18.0 Å². The molecule has 4 rings (SSSR count). The third-order valence-corrected chi connectivity index (χ3v) is 7.16. The van der Waals surface area contributed by atoms with Gasteiger partial charge in [0.25, 0.3) is 0 Å². The zero-order valence-electron chi connectivity index (χ0n) is 17.2. The molecule has 1 aliphatic rings. The van der Waals surface area contributed by atoms with Crippen molar-refractivity contribution in [1.29, 1.82) is 0 Å². The van der Waals surface area contributed by atoms with Gasteiger partial charge in [-0.05, 0) is 36.1 Å². The van der Waals surface area contributed by atoms with Crippen LogP contribution in [0.5, 0.6) is 0 Å². The van der Waals surface area contributed by atoms with Gasteiger partial charge < -0.3 is 14.4 Å². The van der Waals surface area contributed by atoms with Crippen LogP contribution in [-0.4, -0.2) is 57.5 Å². The Labute approximate surface area is 192 Å². The largest absolute Gasteiger partial charge is 0.416 e. The molecule has 0 aliphatic carbocycles. The van der Waals surface area contributed by atoms with Crippen LogP contribution in [0.2, 0.25) is 0 Å². The Balaban J connectivity index is 1.26. The van der Waals surface area contributed by atoms with Gasteiger partial charge in [0.05, 0.1) is 11.3 Å². The molecule has 1 aliphatic heterocycles. The van der Waals surface area contributed by atoms with Crippen LogP contribution in [0, 0.1) is 0 Å². The number of aryl methyl sites for hydroxylation is 2. The van der Waals surface area contributed by atoms with Crippen molar-refractivity contribution in [3.63, 3.8) is 0 Å². The number of rotatable bonds is 7. The van der Waals surface area contributed by atoms with E-state index in [1.807, 2.05) is 20.9 Å². The molecule has 1 fully saturated rings.